The first kappa shape index (κ1) is 28.2. The highest BCUT2D eigenvalue weighted by molar-refractivity contribution is 9.10. The number of hydrogen-bond donors (Lipinski definition) is 0. The van der Waals surface area contributed by atoms with Crippen LogP contribution in [-0.4, -0.2) is 46.7 Å². The van der Waals surface area contributed by atoms with E-state index in [9.17, 15) is 9.59 Å². The highest BCUT2D eigenvalue weighted by atomic mass is 79.9. The van der Waals surface area contributed by atoms with Crippen LogP contribution in [0, 0.1) is 19.8 Å². The lowest BCUT2D eigenvalue weighted by Crippen LogP contribution is -2.47. The second kappa shape index (κ2) is 11.5. The van der Waals surface area contributed by atoms with Crippen molar-refractivity contribution in [2.24, 2.45) is 5.92 Å². The number of rotatable bonds is 5. The fourth-order valence-corrected chi connectivity index (χ4v) is 5.69. The van der Waals surface area contributed by atoms with Gasteiger partial charge in [-0.2, -0.15) is 0 Å². The van der Waals surface area contributed by atoms with Crippen LogP contribution in [0.5, 0.6) is 0 Å². The molecule has 0 radical (unpaired) electrons. The molecule has 6 nitrogen and oxygen atoms in total. The summed E-state index contributed by atoms with van der Waals surface area (Å²) in [5.41, 5.74) is 3.83. The summed E-state index contributed by atoms with van der Waals surface area (Å²) in [6.45, 7) is 9.59. The Morgan fingerprint density at radius 3 is 2.42 bits per heavy atom. The van der Waals surface area contributed by atoms with Crippen LogP contribution in [0.4, 0.5) is 20.0 Å². The molecule has 1 fully saturated rings. The van der Waals surface area contributed by atoms with Crippen molar-refractivity contribution >= 4 is 50.1 Å². The summed E-state index contributed by atoms with van der Waals surface area (Å²) in [4.78, 5) is 34.0. The number of alkyl halides is 1. The van der Waals surface area contributed by atoms with Crippen LogP contribution in [0.2, 0.25) is 0 Å². The van der Waals surface area contributed by atoms with Gasteiger partial charge in [0.15, 0.2) is 5.13 Å². The molecule has 0 N–H and O–H groups in total. The van der Waals surface area contributed by atoms with E-state index in [0.717, 1.165) is 26.9 Å². The lowest BCUT2D eigenvalue weighted by Gasteiger charge is -2.36. The van der Waals surface area contributed by atoms with E-state index in [2.05, 4.69) is 15.9 Å². The minimum atomic E-state index is -1.32. The third kappa shape index (κ3) is 6.99. The number of likely N-dealkylation sites (tertiary alicyclic amines) is 1. The van der Waals surface area contributed by atoms with Crippen molar-refractivity contribution in [2.45, 2.75) is 59.2 Å². The van der Waals surface area contributed by atoms with Gasteiger partial charge in [0.1, 0.15) is 11.8 Å². The molecular weight excluding hydrogens is 569 g/mol. The summed E-state index contributed by atoms with van der Waals surface area (Å²) >= 11 is 4.84. The fourth-order valence-electron chi connectivity index (χ4n) is 4.55. The number of aromatic nitrogens is 1. The number of aryl methyl sites for hydroxylation is 2. The summed E-state index contributed by atoms with van der Waals surface area (Å²) in [7, 11) is 0. The van der Waals surface area contributed by atoms with Crippen LogP contribution in [0.15, 0.2) is 52.3 Å². The molecule has 0 spiro atoms. The molecule has 38 heavy (non-hydrogen) atoms. The van der Waals surface area contributed by atoms with Gasteiger partial charge in [0.25, 0.3) is 0 Å². The van der Waals surface area contributed by atoms with Crippen molar-refractivity contribution in [1.29, 1.82) is 0 Å². The number of nitrogens with zero attached hydrogens (tertiary/aromatic N) is 3. The van der Waals surface area contributed by atoms with Gasteiger partial charge in [-0.25, -0.2) is 14.2 Å². The van der Waals surface area contributed by atoms with Gasteiger partial charge < -0.3 is 9.64 Å². The van der Waals surface area contributed by atoms with E-state index < -0.39 is 23.8 Å². The zero-order chi connectivity index (χ0) is 27.6. The molecule has 0 bridgehead atoms. The smallest absolute Gasteiger partial charge is 0.410 e. The Kier molecular flexibility index (Phi) is 8.57. The Balaban J connectivity index is 1.56. The van der Waals surface area contributed by atoms with Crippen LogP contribution in [-0.2, 0) is 9.53 Å². The fraction of sp³-hybridized carbons (Fsp3) is 0.414. The summed E-state index contributed by atoms with van der Waals surface area (Å²) in [6.07, 6.45) is -1.45. The first-order chi connectivity index (χ1) is 17.9. The van der Waals surface area contributed by atoms with E-state index in [-0.39, 0.29) is 18.9 Å². The maximum atomic E-state index is 15.3. The molecule has 202 valence electrons. The number of halogens is 2. The minimum absolute atomic E-state index is 0.0174. The number of carbonyl (C=O) groups is 2. The number of benzene rings is 2. The monoisotopic (exact) mass is 601 g/mol. The van der Waals surface area contributed by atoms with Crippen LogP contribution in [0.3, 0.4) is 0 Å². The predicted molar refractivity (Wildman–Crippen MR) is 154 cm³/mol. The van der Waals surface area contributed by atoms with Gasteiger partial charge >= 0.3 is 6.09 Å². The summed E-state index contributed by atoms with van der Waals surface area (Å²) < 4.78 is 21.6. The van der Waals surface area contributed by atoms with Crippen molar-refractivity contribution in [3.8, 4) is 11.3 Å². The van der Waals surface area contributed by atoms with Crippen molar-refractivity contribution in [3.05, 3.63) is 63.4 Å². The molecular formula is C29H33BrFN3O3S. The van der Waals surface area contributed by atoms with E-state index in [1.54, 1.807) is 25.7 Å². The van der Waals surface area contributed by atoms with E-state index in [0.29, 0.717) is 23.8 Å². The summed E-state index contributed by atoms with van der Waals surface area (Å²) in [5, 5.41) is 2.47. The van der Waals surface area contributed by atoms with Crippen LogP contribution in [0.1, 0.15) is 44.7 Å². The predicted octanol–water partition coefficient (Wildman–Crippen LogP) is 7.84. The number of amides is 2. The molecule has 1 saturated heterocycles. The molecule has 2 atom stereocenters. The van der Waals surface area contributed by atoms with Gasteiger partial charge in [-0.05, 0) is 76.4 Å². The Bertz CT molecular complexity index is 1280. The van der Waals surface area contributed by atoms with Gasteiger partial charge in [-0.15, -0.1) is 11.3 Å². The number of piperidine rings is 1. The second-order valence-corrected chi connectivity index (χ2v) is 12.5. The molecule has 9 heteroatoms. The van der Waals surface area contributed by atoms with Gasteiger partial charge in [-0.1, -0.05) is 34.1 Å². The second-order valence-electron chi connectivity index (χ2n) is 10.8. The van der Waals surface area contributed by atoms with Gasteiger partial charge in [-0.3, -0.25) is 9.69 Å². The molecule has 2 aromatic carbocycles. The first-order valence-corrected chi connectivity index (χ1v) is 14.3. The van der Waals surface area contributed by atoms with E-state index in [1.165, 1.54) is 16.2 Å². The van der Waals surface area contributed by atoms with Gasteiger partial charge in [0.2, 0.25) is 5.91 Å². The maximum Gasteiger partial charge on any atom is 0.410 e. The standard InChI is InChI=1S/C29H33BrFN3O3S/c1-18-12-19(2)14-23(13-18)34(27-32-25(17-38-27)20-6-8-22(30)9-7-20)26(35)15-21-10-11-33(16-24(21)31)28(36)37-29(3,4)5/h6-9,12-14,17,21,24H,10-11,15-16H2,1-5H3. The first-order valence-electron chi connectivity index (χ1n) is 12.6. The molecule has 0 aliphatic carbocycles. The van der Waals surface area contributed by atoms with Gasteiger partial charge in [0, 0.05) is 34.3 Å². The Morgan fingerprint density at radius 2 is 1.82 bits per heavy atom. The summed E-state index contributed by atoms with van der Waals surface area (Å²) in [5.74, 6) is -0.717. The highest BCUT2D eigenvalue weighted by Gasteiger charge is 2.36. The molecule has 2 amide bonds. The summed E-state index contributed by atoms with van der Waals surface area (Å²) in [6, 6.07) is 13.8. The zero-order valence-corrected chi connectivity index (χ0v) is 24.7. The largest absolute Gasteiger partial charge is 0.444 e. The number of hydrogen-bond acceptors (Lipinski definition) is 5. The molecule has 3 aromatic rings. The highest BCUT2D eigenvalue weighted by Crippen LogP contribution is 2.36. The Morgan fingerprint density at radius 1 is 1.16 bits per heavy atom. The molecule has 2 unspecified atom stereocenters. The number of anilines is 2. The lowest BCUT2D eigenvalue weighted by molar-refractivity contribution is -0.119. The maximum absolute atomic E-state index is 15.3. The third-order valence-electron chi connectivity index (χ3n) is 6.30. The van der Waals surface area contributed by atoms with Crippen molar-refractivity contribution < 1.29 is 18.7 Å². The molecule has 0 saturated carbocycles. The van der Waals surface area contributed by atoms with Crippen LogP contribution >= 0.6 is 27.3 Å². The lowest BCUT2D eigenvalue weighted by atomic mass is 9.91. The number of thiazole rings is 1. The third-order valence-corrected chi connectivity index (χ3v) is 7.66. The zero-order valence-electron chi connectivity index (χ0n) is 22.3. The van der Waals surface area contributed by atoms with E-state index in [1.807, 2.05) is 61.7 Å². The van der Waals surface area contributed by atoms with E-state index >= 15 is 4.39 Å². The number of ether oxygens (including phenoxy) is 1. The Hall–Kier alpha value is -2.78. The van der Waals surface area contributed by atoms with Crippen LogP contribution < -0.4 is 4.90 Å². The van der Waals surface area contributed by atoms with Gasteiger partial charge in [0.05, 0.1) is 17.9 Å². The quantitative estimate of drug-likeness (QED) is 0.299. The average Bonchev–Trinajstić information content (AvgIpc) is 3.29. The molecule has 1 aliphatic rings. The number of carbonyl (C=O) groups excluding carboxylic acids is 2. The minimum Gasteiger partial charge on any atom is -0.444 e. The van der Waals surface area contributed by atoms with Crippen molar-refractivity contribution in [2.75, 3.05) is 18.0 Å². The SMILES string of the molecule is Cc1cc(C)cc(N(C(=O)CC2CCN(C(=O)OC(C)(C)C)CC2F)c2nc(-c3ccc(Br)cc3)cs2)c1. The normalized spacial score (nSPS) is 17.8. The van der Waals surface area contributed by atoms with E-state index in [4.69, 9.17) is 9.72 Å². The molecule has 1 aromatic heterocycles. The van der Waals surface area contributed by atoms with Crippen molar-refractivity contribution in [3.63, 3.8) is 0 Å². The van der Waals surface area contributed by atoms with Crippen LogP contribution in [0.25, 0.3) is 11.3 Å². The Labute approximate surface area is 235 Å². The molecule has 4 rings (SSSR count). The van der Waals surface area contributed by atoms with Crippen molar-refractivity contribution in [1.82, 2.24) is 9.88 Å². The average molecular weight is 603 g/mol. The molecule has 2 heterocycles. The topological polar surface area (TPSA) is 62.7 Å². The molecule has 1 aliphatic heterocycles.